The highest BCUT2D eigenvalue weighted by atomic mass is 35.5. The van der Waals surface area contributed by atoms with Gasteiger partial charge in [-0.15, -0.1) is 0 Å². The molecule has 1 aromatic heterocycles. The SMILES string of the molecule is CC(C)n1c(Cl)nc2cc(C(F)(F)F)ccc21. The van der Waals surface area contributed by atoms with Gasteiger partial charge in [0.05, 0.1) is 16.6 Å². The molecule has 0 saturated carbocycles. The molecule has 0 aliphatic carbocycles. The van der Waals surface area contributed by atoms with E-state index < -0.39 is 11.7 Å². The molecule has 92 valence electrons. The Bertz CT molecular complexity index is 558. The second-order valence-electron chi connectivity index (χ2n) is 4.05. The van der Waals surface area contributed by atoms with Gasteiger partial charge >= 0.3 is 6.18 Å². The molecular weight excluding hydrogens is 253 g/mol. The molecule has 0 aliphatic rings. The quantitative estimate of drug-likeness (QED) is 0.750. The number of alkyl halides is 3. The molecule has 0 unspecified atom stereocenters. The van der Waals surface area contributed by atoms with Gasteiger partial charge in [0.2, 0.25) is 5.28 Å². The van der Waals surface area contributed by atoms with E-state index in [0.717, 1.165) is 12.1 Å². The van der Waals surface area contributed by atoms with E-state index in [0.29, 0.717) is 5.52 Å². The summed E-state index contributed by atoms with van der Waals surface area (Å²) in [5.41, 5.74) is 0.159. The van der Waals surface area contributed by atoms with Crippen LogP contribution in [0.15, 0.2) is 18.2 Å². The van der Waals surface area contributed by atoms with E-state index in [9.17, 15) is 13.2 Å². The first-order valence-corrected chi connectivity index (χ1v) is 5.43. The maximum atomic E-state index is 12.5. The van der Waals surface area contributed by atoms with E-state index in [4.69, 9.17) is 11.6 Å². The van der Waals surface area contributed by atoms with Gasteiger partial charge in [0.1, 0.15) is 0 Å². The van der Waals surface area contributed by atoms with Gasteiger partial charge in [-0.05, 0) is 43.6 Å². The zero-order valence-corrected chi connectivity index (χ0v) is 9.97. The number of benzene rings is 1. The fraction of sp³-hybridized carbons (Fsp3) is 0.364. The number of halogens is 4. The maximum absolute atomic E-state index is 12.5. The molecule has 1 aromatic carbocycles. The highest BCUT2D eigenvalue weighted by Crippen LogP contribution is 2.32. The normalized spacial score (nSPS) is 12.6. The minimum atomic E-state index is -4.36. The Morgan fingerprint density at radius 1 is 1.29 bits per heavy atom. The summed E-state index contributed by atoms with van der Waals surface area (Å²) in [5.74, 6) is 0. The van der Waals surface area contributed by atoms with Crippen molar-refractivity contribution in [1.29, 1.82) is 0 Å². The first-order valence-electron chi connectivity index (χ1n) is 5.05. The van der Waals surface area contributed by atoms with E-state index in [2.05, 4.69) is 4.98 Å². The van der Waals surface area contributed by atoms with Crippen molar-refractivity contribution in [3.8, 4) is 0 Å². The van der Waals surface area contributed by atoms with Crippen LogP contribution in [-0.2, 0) is 6.18 Å². The van der Waals surface area contributed by atoms with E-state index >= 15 is 0 Å². The molecule has 2 rings (SSSR count). The lowest BCUT2D eigenvalue weighted by Crippen LogP contribution is -2.05. The Morgan fingerprint density at radius 2 is 1.94 bits per heavy atom. The van der Waals surface area contributed by atoms with Crippen LogP contribution in [0.4, 0.5) is 13.2 Å². The first kappa shape index (κ1) is 12.2. The number of aromatic nitrogens is 2. The van der Waals surface area contributed by atoms with Crippen LogP contribution in [0.2, 0.25) is 5.28 Å². The molecule has 0 aliphatic heterocycles. The summed E-state index contributed by atoms with van der Waals surface area (Å²) in [7, 11) is 0. The van der Waals surface area contributed by atoms with E-state index in [-0.39, 0.29) is 16.8 Å². The zero-order valence-electron chi connectivity index (χ0n) is 9.22. The van der Waals surface area contributed by atoms with Crippen molar-refractivity contribution in [1.82, 2.24) is 9.55 Å². The Balaban J connectivity index is 2.66. The first-order chi connectivity index (χ1) is 7.80. The van der Waals surface area contributed by atoms with Crippen LogP contribution in [0.25, 0.3) is 11.0 Å². The average Bonchev–Trinajstić information content (AvgIpc) is 2.50. The number of hydrogen-bond acceptors (Lipinski definition) is 1. The smallest absolute Gasteiger partial charge is 0.312 e. The summed E-state index contributed by atoms with van der Waals surface area (Å²) >= 11 is 5.90. The lowest BCUT2D eigenvalue weighted by atomic mass is 10.2. The largest absolute Gasteiger partial charge is 0.416 e. The minimum Gasteiger partial charge on any atom is -0.312 e. The van der Waals surface area contributed by atoms with Gasteiger partial charge in [0.25, 0.3) is 0 Å². The fourth-order valence-electron chi connectivity index (χ4n) is 1.74. The molecule has 0 radical (unpaired) electrons. The summed E-state index contributed by atoms with van der Waals surface area (Å²) in [6.45, 7) is 3.79. The number of rotatable bonds is 1. The Labute approximate surface area is 101 Å². The topological polar surface area (TPSA) is 17.8 Å². The van der Waals surface area contributed by atoms with E-state index in [1.807, 2.05) is 13.8 Å². The van der Waals surface area contributed by atoms with Gasteiger partial charge in [-0.3, -0.25) is 0 Å². The van der Waals surface area contributed by atoms with Gasteiger partial charge in [0.15, 0.2) is 0 Å². The minimum absolute atomic E-state index is 0.0456. The molecule has 0 fully saturated rings. The molecule has 0 saturated heterocycles. The molecule has 17 heavy (non-hydrogen) atoms. The molecule has 0 bridgehead atoms. The van der Waals surface area contributed by atoms with Crippen LogP contribution >= 0.6 is 11.6 Å². The van der Waals surface area contributed by atoms with Crippen molar-refractivity contribution in [2.24, 2.45) is 0 Å². The second-order valence-corrected chi connectivity index (χ2v) is 4.38. The van der Waals surface area contributed by atoms with Crippen molar-refractivity contribution in [2.45, 2.75) is 26.1 Å². The summed E-state index contributed by atoms with van der Waals surface area (Å²) < 4.78 is 39.2. The van der Waals surface area contributed by atoms with Crippen molar-refractivity contribution < 1.29 is 13.2 Å². The van der Waals surface area contributed by atoms with Crippen LogP contribution in [-0.4, -0.2) is 9.55 Å². The van der Waals surface area contributed by atoms with Gasteiger partial charge in [-0.1, -0.05) is 0 Å². The summed E-state index contributed by atoms with van der Waals surface area (Å²) in [6.07, 6.45) is -4.36. The molecule has 0 N–H and O–H groups in total. The summed E-state index contributed by atoms with van der Waals surface area (Å²) in [6, 6.07) is 3.50. The van der Waals surface area contributed by atoms with Gasteiger partial charge in [0, 0.05) is 6.04 Å². The molecule has 6 heteroatoms. The lowest BCUT2D eigenvalue weighted by Gasteiger charge is -2.10. The summed E-state index contributed by atoms with van der Waals surface area (Å²) in [4.78, 5) is 3.94. The van der Waals surface area contributed by atoms with Crippen molar-refractivity contribution in [3.63, 3.8) is 0 Å². The molecule has 2 nitrogen and oxygen atoms in total. The van der Waals surface area contributed by atoms with E-state index in [1.165, 1.54) is 6.07 Å². The third kappa shape index (κ3) is 2.11. The lowest BCUT2D eigenvalue weighted by molar-refractivity contribution is -0.137. The predicted molar refractivity (Wildman–Crippen MR) is 60.1 cm³/mol. The predicted octanol–water partition coefficient (Wildman–Crippen LogP) is 4.29. The van der Waals surface area contributed by atoms with Crippen molar-refractivity contribution >= 4 is 22.6 Å². The van der Waals surface area contributed by atoms with Crippen molar-refractivity contribution in [2.75, 3.05) is 0 Å². The number of fused-ring (bicyclic) bond motifs is 1. The van der Waals surface area contributed by atoms with Crippen LogP contribution in [0.5, 0.6) is 0 Å². The molecule has 1 heterocycles. The highest BCUT2D eigenvalue weighted by Gasteiger charge is 2.31. The molecule has 2 aromatic rings. The number of hydrogen-bond donors (Lipinski definition) is 0. The Morgan fingerprint density at radius 3 is 2.47 bits per heavy atom. The number of nitrogens with zero attached hydrogens (tertiary/aromatic N) is 2. The monoisotopic (exact) mass is 262 g/mol. The second kappa shape index (κ2) is 3.91. The molecule has 0 atom stereocenters. The molecular formula is C11H10ClF3N2. The Kier molecular flexibility index (Phi) is 2.81. The van der Waals surface area contributed by atoms with Crippen LogP contribution < -0.4 is 0 Å². The maximum Gasteiger partial charge on any atom is 0.416 e. The number of imidazole rings is 1. The van der Waals surface area contributed by atoms with Crippen molar-refractivity contribution in [3.05, 3.63) is 29.0 Å². The van der Waals surface area contributed by atoms with Crippen LogP contribution in [0.3, 0.4) is 0 Å². The third-order valence-corrected chi connectivity index (χ3v) is 2.76. The van der Waals surface area contributed by atoms with Crippen LogP contribution in [0, 0.1) is 0 Å². The average molecular weight is 263 g/mol. The van der Waals surface area contributed by atoms with Gasteiger partial charge in [-0.2, -0.15) is 13.2 Å². The highest BCUT2D eigenvalue weighted by molar-refractivity contribution is 6.29. The van der Waals surface area contributed by atoms with Gasteiger partial charge < -0.3 is 4.57 Å². The zero-order chi connectivity index (χ0) is 12.8. The third-order valence-electron chi connectivity index (χ3n) is 2.49. The van der Waals surface area contributed by atoms with Crippen LogP contribution in [0.1, 0.15) is 25.5 Å². The standard InChI is InChI=1S/C11H10ClF3N2/c1-6(2)17-9-4-3-7(11(13,14)15)5-8(9)16-10(17)12/h3-6H,1-2H3. The van der Waals surface area contributed by atoms with Gasteiger partial charge in [-0.25, -0.2) is 4.98 Å². The summed E-state index contributed by atoms with van der Waals surface area (Å²) in [5, 5.41) is 0.203. The fourth-order valence-corrected chi connectivity index (χ4v) is 2.11. The molecule has 0 spiro atoms. The Hall–Kier alpha value is -1.23. The van der Waals surface area contributed by atoms with E-state index in [1.54, 1.807) is 4.57 Å². The molecule has 0 amide bonds.